The van der Waals surface area contributed by atoms with Gasteiger partial charge in [-0.3, -0.25) is 4.79 Å². The molecule has 0 bridgehead atoms. The van der Waals surface area contributed by atoms with E-state index in [-0.39, 0.29) is 18.6 Å². The first-order valence-corrected chi connectivity index (χ1v) is 9.95. The van der Waals surface area contributed by atoms with Gasteiger partial charge in [0.25, 0.3) is 0 Å². The largest absolute Gasteiger partial charge is 0.491 e. The minimum Gasteiger partial charge on any atom is -0.491 e. The van der Waals surface area contributed by atoms with Crippen LogP contribution >= 0.6 is 11.3 Å². The highest BCUT2D eigenvalue weighted by Crippen LogP contribution is 2.30. The third kappa shape index (κ3) is 4.58. The van der Waals surface area contributed by atoms with Gasteiger partial charge in [0.1, 0.15) is 24.7 Å². The molecule has 0 saturated carbocycles. The summed E-state index contributed by atoms with van der Waals surface area (Å²) in [5.41, 5.74) is -0.0287. The maximum absolute atomic E-state index is 12.8. The number of aliphatic hydroxyl groups is 2. The molecule has 2 unspecified atom stereocenters. The van der Waals surface area contributed by atoms with Crippen molar-refractivity contribution in [1.29, 1.82) is 0 Å². The van der Waals surface area contributed by atoms with Crippen molar-refractivity contribution in [2.75, 3.05) is 13.2 Å². The van der Waals surface area contributed by atoms with Crippen molar-refractivity contribution in [3.05, 3.63) is 46.6 Å². The Hall–Kier alpha value is -2.15. The highest BCUT2D eigenvalue weighted by atomic mass is 32.1. The molecular formula is C21H24O5S. The highest BCUT2D eigenvalue weighted by Gasteiger charge is 2.10. The summed E-state index contributed by atoms with van der Waals surface area (Å²) < 4.78 is 12.9. The second kappa shape index (κ2) is 8.69. The van der Waals surface area contributed by atoms with Crippen LogP contribution in [0.5, 0.6) is 11.5 Å². The maximum Gasteiger partial charge on any atom is 0.195 e. The summed E-state index contributed by atoms with van der Waals surface area (Å²) in [6.07, 6.45) is 0.241. The van der Waals surface area contributed by atoms with E-state index in [0.29, 0.717) is 35.1 Å². The van der Waals surface area contributed by atoms with Crippen molar-refractivity contribution in [2.45, 2.75) is 38.9 Å². The van der Waals surface area contributed by atoms with Crippen LogP contribution in [0.1, 0.15) is 26.7 Å². The van der Waals surface area contributed by atoms with Crippen LogP contribution in [0.25, 0.3) is 20.2 Å². The topological polar surface area (TPSA) is 76.0 Å². The van der Waals surface area contributed by atoms with Gasteiger partial charge in [-0.1, -0.05) is 13.8 Å². The van der Waals surface area contributed by atoms with E-state index in [2.05, 4.69) is 0 Å². The van der Waals surface area contributed by atoms with Gasteiger partial charge >= 0.3 is 0 Å². The molecule has 0 radical (unpaired) electrons. The molecule has 2 atom stereocenters. The third-order valence-corrected chi connectivity index (χ3v) is 5.56. The first-order valence-electron chi connectivity index (χ1n) is 9.14. The van der Waals surface area contributed by atoms with Gasteiger partial charge in [0, 0.05) is 20.2 Å². The molecule has 0 amide bonds. The second-order valence-corrected chi connectivity index (χ2v) is 7.58. The number of fused-ring (bicyclic) bond motifs is 2. The van der Waals surface area contributed by atoms with E-state index in [0.717, 1.165) is 9.40 Å². The van der Waals surface area contributed by atoms with E-state index in [1.54, 1.807) is 24.3 Å². The average molecular weight is 388 g/mol. The van der Waals surface area contributed by atoms with Crippen molar-refractivity contribution < 1.29 is 19.7 Å². The lowest BCUT2D eigenvalue weighted by molar-refractivity contribution is 0.104. The first kappa shape index (κ1) is 19.6. The fraction of sp³-hybridized carbons (Fsp3) is 0.381. The van der Waals surface area contributed by atoms with Gasteiger partial charge in [0.15, 0.2) is 5.43 Å². The molecule has 5 nitrogen and oxygen atoms in total. The highest BCUT2D eigenvalue weighted by molar-refractivity contribution is 7.24. The van der Waals surface area contributed by atoms with Crippen LogP contribution in [0.4, 0.5) is 0 Å². The summed E-state index contributed by atoms with van der Waals surface area (Å²) in [5, 5.41) is 20.6. The van der Waals surface area contributed by atoms with Crippen LogP contribution in [0.15, 0.2) is 41.2 Å². The second-order valence-electron chi connectivity index (χ2n) is 6.49. The molecule has 3 rings (SSSR count). The number of benzene rings is 2. The molecule has 0 fully saturated rings. The Morgan fingerprint density at radius 3 is 1.70 bits per heavy atom. The summed E-state index contributed by atoms with van der Waals surface area (Å²) in [6, 6.07) is 10.7. The van der Waals surface area contributed by atoms with Crippen LogP contribution in [0.3, 0.4) is 0 Å². The predicted octanol–water partition coefficient (Wildman–Crippen LogP) is 3.71. The summed E-state index contributed by atoms with van der Waals surface area (Å²) in [7, 11) is 0. The average Bonchev–Trinajstić information content (AvgIpc) is 2.69. The van der Waals surface area contributed by atoms with Crippen LogP contribution in [-0.4, -0.2) is 35.6 Å². The third-order valence-electron chi connectivity index (χ3n) is 4.44. The zero-order chi connectivity index (χ0) is 19.4. The fourth-order valence-electron chi connectivity index (χ4n) is 2.61. The number of ether oxygens (including phenoxy) is 2. The van der Waals surface area contributed by atoms with E-state index in [4.69, 9.17) is 9.47 Å². The van der Waals surface area contributed by atoms with Crippen molar-refractivity contribution in [3.8, 4) is 11.5 Å². The van der Waals surface area contributed by atoms with Gasteiger partial charge in [-0.2, -0.15) is 0 Å². The van der Waals surface area contributed by atoms with Crippen LogP contribution in [0, 0.1) is 0 Å². The van der Waals surface area contributed by atoms with Crippen LogP contribution in [-0.2, 0) is 0 Å². The number of hydrogen-bond acceptors (Lipinski definition) is 6. The molecule has 0 aliphatic carbocycles. The summed E-state index contributed by atoms with van der Waals surface area (Å²) in [6.45, 7) is 4.24. The van der Waals surface area contributed by atoms with Gasteiger partial charge in [-0.05, 0) is 49.2 Å². The van der Waals surface area contributed by atoms with E-state index in [9.17, 15) is 15.0 Å². The Balaban J connectivity index is 1.93. The summed E-state index contributed by atoms with van der Waals surface area (Å²) in [4.78, 5) is 12.8. The molecule has 0 saturated heterocycles. The van der Waals surface area contributed by atoms with Crippen molar-refractivity contribution in [3.63, 3.8) is 0 Å². The molecule has 3 aromatic rings. The lowest BCUT2D eigenvalue weighted by atomic mass is 10.1. The minimum atomic E-state index is -0.505. The van der Waals surface area contributed by atoms with Gasteiger partial charge in [0.2, 0.25) is 0 Å². The van der Waals surface area contributed by atoms with Crippen LogP contribution in [0.2, 0.25) is 0 Å². The van der Waals surface area contributed by atoms with E-state index >= 15 is 0 Å². The molecule has 0 aliphatic rings. The summed E-state index contributed by atoms with van der Waals surface area (Å²) in [5.74, 6) is 1.26. The Morgan fingerprint density at radius 2 is 1.30 bits per heavy atom. The number of aliphatic hydroxyl groups excluding tert-OH is 2. The van der Waals surface area contributed by atoms with Gasteiger partial charge < -0.3 is 19.7 Å². The smallest absolute Gasteiger partial charge is 0.195 e. The van der Waals surface area contributed by atoms with E-state index in [1.807, 2.05) is 26.0 Å². The zero-order valence-corrected chi connectivity index (χ0v) is 16.3. The molecule has 0 aliphatic heterocycles. The minimum absolute atomic E-state index is 0.0287. The first-order chi connectivity index (χ1) is 13.0. The number of rotatable bonds is 8. The molecule has 6 heteroatoms. The summed E-state index contributed by atoms with van der Waals surface area (Å²) >= 11 is 1.49. The van der Waals surface area contributed by atoms with E-state index in [1.165, 1.54) is 11.3 Å². The monoisotopic (exact) mass is 388 g/mol. The van der Waals surface area contributed by atoms with Gasteiger partial charge in [0.05, 0.1) is 12.2 Å². The number of hydrogen-bond donors (Lipinski definition) is 2. The van der Waals surface area contributed by atoms with Crippen molar-refractivity contribution in [2.24, 2.45) is 0 Å². The van der Waals surface area contributed by atoms with Crippen molar-refractivity contribution >= 4 is 31.5 Å². The lowest BCUT2D eigenvalue weighted by Gasteiger charge is -2.12. The zero-order valence-electron chi connectivity index (χ0n) is 15.5. The molecular weight excluding hydrogens is 364 g/mol. The molecule has 27 heavy (non-hydrogen) atoms. The van der Waals surface area contributed by atoms with Crippen molar-refractivity contribution in [1.82, 2.24) is 0 Å². The Kier molecular flexibility index (Phi) is 6.31. The molecule has 2 aromatic carbocycles. The normalized spacial score (nSPS) is 13.6. The Labute approximate surface area is 161 Å². The molecule has 144 valence electrons. The molecule has 1 aromatic heterocycles. The maximum atomic E-state index is 12.8. The Morgan fingerprint density at radius 1 is 0.852 bits per heavy atom. The van der Waals surface area contributed by atoms with Gasteiger partial charge in [-0.15, -0.1) is 11.3 Å². The predicted molar refractivity (Wildman–Crippen MR) is 109 cm³/mol. The molecule has 2 N–H and O–H groups in total. The SMILES string of the molecule is CCC(O)COc1ccc2c(=O)c3ccc(OCC(O)CC)cc3sc2c1. The van der Waals surface area contributed by atoms with Gasteiger partial charge in [-0.25, -0.2) is 0 Å². The fourth-order valence-corrected chi connectivity index (χ4v) is 3.74. The lowest BCUT2D eigenvalue weighted by Crippen LogP contribution is -2.16. The molecule has 1 heterocycles. The quantitative estimate of drug-likeness (QED) is 0.575. The van der Waals surface area contributed by atoms with Crippen LogP contribution < -0.4 is 14.9 Å². The standard InChI is InChI=1S/C21H24O5S/c1-3-13(22)11-25-15-5-7-17-19(9-15)27-20-10-16(26-12-14(23)4-2)6-8-18(20)21(17)24/h5-10,13-14,22-23H,3-4,11-12H2,1-2H3. The Bertz CT molecular complexity index is 906. The molecule has 0 spiro atoms. The van der Waals surface area contributed by atoms with E-state index < -0.39 is 12.2 Å².